The van der Waals surface area contributed by atoms with Gasteiger partial charge in [-0.3, -0.25) is 0 Å². The Morgan fingerprint density at radius 3 is 1.44 bits per heavy atom. The molecule has 0 saturated carbocycles. The van der Waals surface area contributed by atoms with Crippen molar-refractivity contribution in [3.8, 4) is 11.1 Å². The van der Waals surface area contributed by atoms with Gasteiger partial charge in [-0.05, 0) is 88.6 Å². The molecule has 0 aliphatic rings. The zero-order chi connectivity index (χ0) is 28.3. The third kappa shape index (κ3) is 4.12. The fourth-order valence-corrected chi connectivity index (χ4v) is 8.50. The Morgan fingerprint density at radius 1 is 0.326 bits per heavy atom. The van der Waals surface area contributed by atoms with E-state index in [1.807, 2.05) is 22.7 Å². The topological polar surface area (TPSA) is 3.24 Å². The lowest BCUT2D eigenvalue weighted by Gasteiger charge is -2.26. The summed E-state index contributed by atoms with van der Waals surface area (Å²) in [6, 6.07) is 55.6. The minimum Gasteiger partial charge on any atom is -0.310 e. The molecule has 0 spiro atoms. The van der Waals surface area contributed by atoms with Crippen LogP contribution in [-0.2, 0) is 0 Å². The molecule has 0 aliphatic heterocycles. The Kier molecular flexibility index (Phi) is 5.62. The SMILES string of the molecule is c1ccc2cc(-c3ccc(N(c4ccc5sc6ccccc6c5c4)c4ccc5sc6ccccc6c5c4)cc3)ccc2c1. The van der Waals surface area contributed by atoms with Gasteiger partial charge in [0.15, 0.2) is 0 Å². The normalized spacial score (nSPS) is 11.7. The first kappa shape index (κ1) is 24.6. The maximum absolute atomic E-state index is 2.40. The molecule has 0 unspecified atom stereocenters. The largest absolute Gasteiger partial charge is 0.310 e. The van der Waals surface area contributed by atoms with Gasteiger partial charge in [-0.25, -0.2) is 0 Å². The molecule has 9 aromatic rings. The highest BCUT2D eigenvalue weighted by Crippen LogP contribution is 2.43. The number of rotatable bonds is 4. The van der Waals surface area contributed by atoms with Crippen molar-refractivity contribution < 1.29 is 0 Å². The molecule has 9 rings (SSSR count). The lowest BCUT2D eigenvalue weighted by atomic mass is 10.0. The monoisotopic (exact) mass is 583 g/mol. The van der Waals surface area contributed by atoms with Gasteiger partial charge in [-0.2, -0.15) is 0 Å². The number of thiophene rings is 2. The van der Waals surface area contributed by atoms with Crippen molar-refractivity contribution in [2.75, 3.05) is 4.90 Å². The van der Waals surface area contributed by atoms with E-state index < -0.39 is 0 Å². The van der Waals surface area contributed by atoms with E-state index in [9.17, 15) is 0 Å². The second-order valence-electron chi connectivity index (χ2n) is 11.0. The average molecular weight is 584 g/mol. The van der Waals surface area contributed by atoms with Crippen molar-refractivity contribution in [2.24, 2.45) is 0 Å². The molecule has 202 valence electrons. The first-order chi connectivity index (χ1) is 21.3. The van der Waals surface area contributed by atoms with E-state index in [1.54, 1.807) is 0 Å². The average Bonchev–Trinajstić information content (AvgIpc) is 3.63. The highest BCUT2D eigenvalue weighted by molar-refractivity contribution is 7.26. The van der Waals surface area contributed by atoms with Gasteiger partial charge < -0.3 is 4.90 Å². The molecule has 0 bridgehead atoms. The zero-order valence-corrected chi connectivity index (χ0v) is 24.8. The summed E-state index contributed by atoms with van der Waals surface area (Å²) in [5.74, 6) is 0. The second-order valence-corrected chi connectivity index (χ2v) is 13.2. The molecule has 2 heterocycles. The molecule has 1 nitrogen and oxygen atoms in total. The third-order valence-corrected chi connectivity index (χ3v) is 10.7. The minimum atomic E-state index is 1.14. The van der Waals surface area contributed by atoms with Crippen LogP contribution in [0.2, 0.25) is 0 Å². The molecule has 0 atom stereocenters. The van der Waals surface area contributed by atoms with Crippen LogP contribution in [0.15, 0.2) is 152 Å². The van der Waals surface area contributed by atoms with Gasteiger partial charge in [0.2, 0.25) is 0 Å². The molecule has 43 heavy (non-hydrogen) atoms. The van der Waals surface area contributed by atoms with E-state index >= 15 is 0 Å². The molecule has 0 radical (unpaired) electrons. The first-order valence-electron chi connectivity index (χ1n) is 14.5. The van der Waals surface area contributed by atoms with Crippen molar-refractivity contribution in [2.45, 2.75) is 0 Å². The Morgan fingerprint density at radius 2 is 0.814 bits per heavy atom. The van der Waals surface area contributed by atoms with Gasteiger partial charge in [0.1, 0.15) is 0 Å². The molecule has 2 aromatic heterocycles. The van der Waals surface area contributed by atoms with Crippen LogP contribution >= 0.6 is 22.7 Å². The molecule has 0 aliphatic carbocycles. The Bertz CT molecular complexity index is 2350. The predicted octanol–water partition coefficient (Wildman–Crippen LogP) is 12.7. The van der Waals surface area contributed by atoms with Crippen molar-refractivity contribution in [3.63, 3.8) is 0 Å². The quantitative estimate of drug-likeness (QED) is 0.199. The zero-order valence-electron chi connectivity index (χ0n) is 23.2. The van der Waals surface area contributed by atoms with Crippen molar-refractivity contribution in [1.29, 1.82) is 0 Å². The number of fused-ring (bicyclic) bond motifs is 7. The van der Waals surface area contributed by atoms with Crippen LogP contribution in [-0.4, -0.2) is 0 Å². The lowest BCUT2D eigenvalue weighted by molar-refractivity contribution is 1.30. The summed E-state index contributed by atoms with van der Waals surface area (Å²) in [7, 11) is 0. The van der Waals surface area contributed by atoms with E-state index in [0.717, 1.165) is 17.1 Å². The predicted molar refractivity (Wildman–Crippen MR) is 190 cm³/mol. The summed E-state index contributed by atoms with van der Waals surface area (Å²) in [6.45, 7) is 0. The fourth-order valence-electron chi connectivity index (χ4n) is 6.33. The van der Waals surface area contributed by atoms with Crippen LogP contribution in [0.25, 0.3) is 62.2 Å². The van der Waals surface area contributed by atoms with Gasteiger partial charge >= 0.3 is 0 Å². The summed E-state index contributed by atoms with van der Waals surface area (Å²) in [6.07, 6.45) is 0. The Balaban J connectivity index is 1.22. The van der Waals surface area contributed by atoms with E-state index in [2.05, 4.69) is 157 Å². The summed E-state index contributed by atoms with van der Waals surface area (Å²) in [5, 5.41) is 7.77. The molecule has 0 saturated heterocycles. The number of hydrogen-bond donors (Lipinski definition) is 0. The minimum absolute atomic E-state index is 1.14. The molecule has 3 heteroatoms. The van der Waals surface area contributed by atoms with E-state index in [0.29, 0.717) is 0 Å². The standard InChI is InChI=1S/C40H25NS2/c1-2-8-28-23-29(14-13-26(28)7-1)27-15-17-30(18-16-27)41(31-19-21-39-35(24-31)33-9-3-5-11-37(33)42-39)32-20-22-40-36(25-32)34-10-4-6-12-38(34)43-40/h1-25H. The first-order valence-corrected chi connectivity index (χ1v) is 16.1. The summed E-state index contributed by atoms with van der Waals surface area (Å²) in [5.41, 5.74) is 5.91. The number of benzene rings is 7. The van der Waals surface area contributed by atoms with Crippen molar-refractivity contribution in [1.82, 2.24) is 0 Å². The highest BCUT2D eigenvalue weighted by Gasteiger charge is 2.17. The lowest BCUT2D eigenvalue weighted by Crippen LogP contribution is -2.09. The van der Waals surface area contributed by atoms with Crippen LogP contribution in [0.4, 0.5) is 17.1 Å². The summed E-state index contributed by atoms with van der Waals surface area (Å²) in [4.78, 5) is 2.40. The molecule has 7 aromatic carbocycles. The highest BCUT2D eigenvalue weighted by atomic mass is 32.1. The maximum atomic E-state index is 2.40. The van der Waals surface area contributed by atoms with Crippen LogP contribution in [0, 0.1) is 0 Å². The van der Waals surface area contributed by atoms with Gasteiger partial charge in [-0.1, -0.05) is 84.9 Å². The van der Waals surface area contributed by atoms with Gasteiger partial charge in [0, 0.05) is 57.4 Å². The molecular weight excluding hydrogens is 559 g/mol. The number of nitrogens with zero attached hydrogens (tertiary/aromatic N) is 1. The van der Waals surface area contributed by atoms with E-state index in [4.69, 9.17) is 0 Å². The summed E-state index contributed by atoms with van der Waals surface area (Å²) >= 11 is 3.72. The van der Waals surface area contributed by atoms with Gasteiger partial charge in [0.05, 0.1) is 0 Å². The van der Waals surface area contributed by atoms with Crippen molar-refractivity contribution >= 4 is 90.9 Å². The Hall–Kier alpha value is -4.96. The molecular formula is C40H25NS2. The molecule has 0 amide bonds. The smallest absolute Gasteiger partial charge is 0.0468 e. The van der Waals surface area contributed by atoms with Crippen molar-refractivity contribution in [3.05, 3.63) is 152 Å². The molecule has 0 fully saturated rings. The maximum Gasteiger partial charge on any atom is 0.0468 e. The van der Waals surface area contributed by atoms with Crippen LogP contribution in [0.1, 0.15) is 0 Å². The summed E-state index contributed by atoms with van der Waals surface area (Å²) < 4.78 is 5.28. The van der Waals surface area contributed by atoms with Gasteiger partial charge in [0.25, 0.3) is 0 Å². The number of anilines is 3. The number of hydrogen-bond acceptors (Lipinski definition) is 3. The van der Waals surface area contributed by atoms with E-state index in [-0.39, 0.29) is 0 Å². The fraction of sp³-hybridized carbons (Fsp3) is 0. The Labute approximate surface area is 257 Å². The third-order valence-electron chi connectivity index (χ3n) is 8.45. The van der Waals surface area contributed by atoms with Gasteiger partial charge in [-0.15, -0.1) is 22.7 Å². The molecule has 0 N–H and O–H groups in total. The van der Waals surface area contributed by atoms with Crippen LogP contribution in [0.3, 0.4) is 0 Å². The van der Waals surface area contributed by atoms with E-state index in [1.165, 1.54) is 62.2 Å². The van der Waals surface area contributed by atoms with Crippen LogP contribution in [0.5, 0.6) is 0 Å². The van der Waals surface area contributed by atoms with Crippen LogP contribution < -0.4 is 4.90 Å². The second kappa shape index (κ2) is 9.81.